The number of hydrogen-bond acceptors (Lipinski definition) is 5. The van der Waals surface area contributed by atoms with E-state index in [1.165, 1.54) is 39.9 Å². The van der Waals surface area contributed by atoms with E-state index >= 15 is 0 Å². The molecule has 0 aromatic heterocycles. The van der Waals surface area contributed by atoms with E-state index in [9.17, 15) is 16.8 Å². The van der Waals surface area contributed by atoms with Crippen LogP contribution in [0.3, 0.4) is 0 Å². The van der Waals surface area contributed by atoms with E-state index in [0.29, 0.717) is 32.7 Å². The maximum atomic E-state index is 12.7. The second kappa shape index (κ2) is 9.25. The largest absolute Gasteiger partial charge is 0.494 e. The van der Waals surface area contributed by atoms with E-state index < -0.39 is 20.0 Å². The van der Waals surface area contributed by atoms with Crippen molar-refractivity contribution in [3.8, 4) is 5.75 Å². The number of para-hydroxylation sites is 1. The summed E-state index contributed by atoms with van der Waals surface area (Å²) in [4.78, 5) is 0.196. The molecule has 2 aromatic rings. The lowest BCUT2D eigenvalue weighted by Gasteiger charge is -2.18. The predicted molar refractivity (Wildman–Crippen MR) is 111 cm³/mol. The molecule has 0 radical (unpaired) electrons. The van der Waals surface area contributed by atoms with E-state index in [1.807, 2.05) is 30.3 Å². The Hall–Kier alpha value is -1.94. The fourth-order valence-corrected chi connectivity index (χ4v) is 5.88. The number of nitrogens with zero attached hydrogens (tertiary/aromatic N) is 2. The van der Waals surface area contributed by atoms with Crippen LogP contribution in [-0.4, -0.2) is 58.7 Å². The molecule has 2 aromatic carbocycles. The number of hydrogen-bond donors (Lipinski definition) is 0. The van der Waals surface area contributed by atoms with Crippen LogP contribution < -0.4 is 4.74 Å². The van der Waals surface area contributed by atoms with Crippen LogP contribution in [0, 0.1) is 0 Å². The van der Waals surface area contributed by atoms with E-state index in [2.05, 4.69) is 0 Å². The minimum atomic E-state index is -3.70. The van der Waals surface area contributed by atoms with Gasteiger partial charge in [-0.05, 0) is 55.7 Å². The lowest BCUT2D eigenvalue weighted by Crippen LogP contribution is -2.29. The topological polar surface area (TPSA) is 84.0 Å². The van der Waals surface area contributed by atoms with Gasteiger partial charge in [0, 0.05) is 26.7 Å². The number of sulfonamides is 2. The molecular formula is C20H26N2O5S2. The van der Waals surface area contributed by atoms with Crippen molar-refractivity contribution in [1.82, 2.24) is 8.61 Å². The standard InChI is InChI=1S/C20H26N2O5S2/c1-21(14-7-17-27-18-8-3-2-4-9-18)28(23,24)19-10-12-20(13-11-19)29(25,26)22-15-5-6-16-22/h2-4,8-13H,5-7,14-17H2,1H3. The SMILES string of the molecule is CN(CCCOc1ccccc1)S(=O)(=O)c1ccc(S(=O)(=O)N2CCCC2)cc1. The molecule has 9 heteroatoms. The van der Waals surface area contributed by atoms with Crippen molar-refractivity contribution >= 4 is 20.0 Å². The molecule has 0 bridgehead atoms. The van der Waals surface area contributed by atoms with Gasteiger partial charge in [-0.15, -0.1) is 0 Å². The van der Waals surface area contributed by atoms with Crippen molar-refractivity contribution in [2.45, 2.75) is 29.1 Å². The fraction of sp³-hybridized carbons (Fsp3) is 0.400. The van der Waals surface area contributed by atoms with Crippen LogP contribution in [0.1, 0.15) is 19.3 Å². The van der Waals surface area contributed by atoms with Gasteiger partial charge in [0.25, 0.3) is 0 Å². The van der Waals surface area contributed by atoms with Gasteiger partial charge in [0.15, 0.2) is 0 Å². The minimum Gasteiger partial charge on any atom is -0.494 e. The third-order valence-corrected chi connectivity index (χ3v) is 8.65. The molecule has 0 atom stereocenters. The highest BCUT2D eigenvalue weighted by molar-refractivity contribution is 7.89. The third-order valence-electron chi connectivity index (χ3n) is 4.86. The lowest BCUT2D eigenvalue weighted by molar-refractivity contribution is 0.296. The fourth-order valence-electron chi connectivity index (χ4n) is 3.16. The zero-order valence-electron chi connectivity index (χ0n) is 16.4. The maximum Gasteiger partial charge on any atom is 0.243 e. The van der Waals surface area contributed by atoms with Gasteiger partial charge < -0.3 is 4.74 Å². The Labute approximate surface area is 173 Å². The quantitative estimate of drug-likeness (QED) is 0.562. The van der Waals surface area contributed by atoms with Gasteiger partial charge in [-0.25, -0.2) is 21.1 Å². The molecule has 158 valence electrons. The monoisotopic (exact) mass is 438 g/mol. The normalized spacial score (nSPS) is 15.7. The Morgan fingerprint density at radius 3 is 2.10 bits per heavy atom. The summed E-state index contributed by atoms with van der Waals surface area (Å²) >= 11 is 0. The van der Waals surface area contributed by atoms with Crippen molar-refractivity contribution in [3.63, 3.8) is 0 Å². The Morgan fingerprint density at radius 1 is 0.897 bits per heavy atom. The molecule has 1 saturated heterocycles. The number of rotatable bonds is 9. The summed E-state index contributed by atoms with van der Waals surface area (Å²) in [5, 5.41) is 0. The van der Waals surface area contributed by atoms with Crippen molar-refractivity contribution in [2.75, 3.05) is 33.3 Å². The average Bonchev–Trinajstić information content (AvgIpc) is 3.28. The zero-order valence-corrected chi connectivity index (χ0v) is 18.0. The zero-order chi connectivity index (χ0) is 20.9. The predicted octanol–water partition coefficient (Wildman–Crippen LogP) is 2.56. The Balaban J connectivity index is 1.59. The summed E-state index contributed by atoms with van der Waals surface area (Å²) in [6.07, 6.45) is 2.24. The van der Waals surface area contributed by atoms with Crippen LogP contribution in [0.25, 0.3) is 0 Å². The van der Waals surface area contributed by atoms with Gasteiger partial charge >= 0.3 is 0 Å². The lowest BCUT2D eigenvalue weighted by atomic mass is 10.3. The molecule has 3 rings (SSSR count). The summed E-state index contributed by atoms with van der Waals surface area (Å²) in [6, 6.07) is 14.8. The smallest absolute Gasteiger partial charge is 0.243 e. The van der Waals surface area contributed by atoms with Crippen molar-refractivity contribution in [3.05, 3.63) is 54.6 Å². The minimum absolute atomic E-state index is 0.0735. The van der Waals surface area contributed by atoms with Crippen molar-refractivity contribution in [2.24, 2.45) is 0 Å². The average molecular weight is 439 g/mol. The van der Waals surface area contributed by atoms with Crippen LogP contribution in [0.15, 0.2) is 64.4 Å². The van der Waals surface area contributed by atoms with Gasteiger partial charge in [0.05, 0.1) is 16.4 Å². The van der Waals surface area contributed by atoms with Gasteiger partial charge in [0.2, 0.25) is 20.0 Å². The van der Waals surface area contributed by atoms with E-state index in [1.54, 1.807) is 0 Å². The van der Waals surface area contributed by atoms with Crippen LogP contribution in [0.4, 0.5) is 0 Å². The molecule has 0 aliphatic carbocycles. The molecular weight excluding hydrogens is 412 g/mol. The number of ether oxygens (including phenoxy) is 1. The summed E-state index contributed by atoms with van der Waals surface area (Å²) in [6.45, 7) is 1.71. The van der Waals surface area contributed by atoms with Crippen LogP contribution in [0.5, 0.6) is 5.75 Å². The first-order valence-electron chi connectivity index (χ1n) is 9.56. The molecule has 1 heterocycles. The summed E-state index contributed by atoms with van der Waals surface area (Å²) in [7, 11) is -5.75. The third kappa shape index (κ3) is 5.16. The van der Waals surface area contributed by atoms with E-state index in [0.717, 1.165) is 18.6 Å². The van der Waals surface area contributed by atoms with Crippen molar-refractivity contribution < 1.29 is 21.6 Å². The summed E-state index contributed by atoms with van der Waals surface area (Å²) in [5.74, 6) is 0.743. The Kier molecular flexibility index (Phi) is 6.94. The molecule has 0 saturated carbocycles. The molecule has 0 spiro atoms. The van der Waals surface area contributed by atoms with Crippen LogP contribution >= 0.6 is 0 Å². The Bertz CT molecular complexity index is 1000. The highest BCUT2D eigenvalue weighted by Crippen LogP contribution is 2.23. The second-order valence-corrected chi connectivity index (χ2v) is 10.9. The first kappa shape index (κ1) is 21.8. The molecule has 0 unspecified atom stereocenters. The van der Waals surface area contributed by atoms with Gasteiger partial charge in [-0.2, -0.15) is 4.31 Å². The van der Waals surface area contributed by atoms with Gasteiger partial charge in [-0.3, -0.25) is 0 Å². The van der Waals surface area contributed by atoms with Gasteiger partial charge in [-0.1, -0.05) is 18.2 Å². The first-order valence-corrected chi connectivity index (χ1v) is 12.4. The van der Waals surface area contributed by atoms with E-state index in [4.69, 9.17) is 4.74 Å². The molecule has 1 aliphatic rings. The van der Waals surface area contributed by atoms with Gasteiger partial charge in [0.1, 0.15) is 5.75 Å². The highest BCUT2D eigenvalue weighted by atomic mass is 32.2. The Morgan fingerprint density at radius 2 is 1.48 bits per heavy atom. The molecule has 1 aliphatic heterocycles. The highest BCUT2D eigenvalue weighted by Gasteiger charge is 2.28. The molecule has 29 heavy (non-hydrogen) atoms. The van der Waals surface area contributed by atoms with Crippen molar-refractivity contribution in [1.29, 1.82) is 0 Å². The van der Waals surface area contributed by atoms with Crippen LogP contribution in [-0.2, 0) is 20.0 Å². The first-order chi connectivity index (χ1) is 13.8. The second-order valence-electron chi connectivity index (χ2n) is 6.92. The van der Waals surface area contributed by atoms with Crippen LogP contribution in [0.2, 0.25) is 0 Å². The van der Waals surface area contributed by atoms with E-state index in [-0.39, 0.29) is 9.79 Å². The molecule has 0 N–H and O–H groups in total. The maximum absolute atomic E-state index is 12.7. The molecule has 7 nitrogen and oxygen atoms in total. The molecule has 1 fully saturated rings. The number of benzene rings is 2. The summed E-state index contributed by atoms with van der Waals surface area (Å²) in [5.41, 5.74) is 0. The molecule has 0 amide bonds. The summed E-state index contributed by atoms with van der Waals surface area (Å²) < 4.78 is 58.9.